The minimum absolute atomic E-state index is 0.0109. The second-order valence-electron chi connectivity index (χ2n) is 10.2. The molecule has 1 saturated carbocycles. The fourth-order valence-electron chi connectivity index (χ4n) is 7.24. The van der Waals surface area contributed by atoms with Gasteiger partial charge in [-0.1, -0.05) is 67.6 Å². The molecule has 2 amide bonds. The number of imide groups is 1. The molecule has 186 valence electrons. The van der Waals surface area contributed by atoms with E-state index in [-0.39, 0.29) is 17.6 Å². The maximum Gasteiger partial charge on any atom is 0.239 e. The van der Waals surface area contributed by atoms with Crippen molar-refractivity contribution in [1.82, 2.24) is 0 Å². The van der Waals surface area contributed by atoms with Gasteiger partial charge in [-0.2, -0.15) is 0 Å². The van der Waals surface area contributed by atoms with Crippen molar-refractivity contribution in [2.45, 2.75) is 27.2 Å². The number of nitrogens with zero attached hydrogens (tertiary/aromatic N) is 1. The van der Waals surface area contributed by atoms with Crippen LogP contribution in [0.25, 0.3) is 11.1 Å². The minimum atomic E-state index is -1.11. The van der Waals surface area contributed by atoms with Gasteiger partial charge in [0.2, 0.25) is 11.8 Å². The summed E-state index contributed by atoms with van der Waals surface area (Å²) in [5, 5.41) is 0. The number of benzene rings is 3. The number of hydrogen-bond acceptors (Lipinski definition) is 4. The standard InChI is InChI=1S/C32H29NO4/c1-4-32-25(21-14-10-7-11-15-21)24(20-12-8-6-9-13-20)31(3,30(32)36)26-27(32)29(35)33(28(26)34)22-16-18-23(19-17-22)37-5-2/h6-19,26-27H,4-5H2,1-3H3/t26-,27+,31-,32-/m0/s1. The number of carbonyl (C=O) groups is 3. The molecule has 0 N–H and O–H groups in total. The summed E-state index contributed by atoms with van der Waals surface area (Å²) in [6, 6.07) is 26.8. The van der Waals surface area contributed by atoms with E-state index in [0.717, 1.165) is 22.3 Å². The summed E-state index contributed by atoms with van der Waals surface area (Å²) < 4.78 is 5.55. The highest BCUT2D eigenvalue weighted by molar-refractivity contribution is 6.34. The van der Waals surface area contributed by atoms with Crippen LogP contribution < -0.4 is 9.64 Å². The van der Waals surface area contributed by atoms with Gasteiger partial charge in [-0.15, -0.1) is 0 Å². The van der Waals surface area contributed by atoms with Crippen LogP contribution in [0.3, 0.4) is 0 Å². The zero-order valence-corrected chi connectivity index (χ0v) is 21.2. The van der Waals surface area contributed by atoms with Crippen LogP contribution in [-0.4, -0.2) is 24.2 Å². The van der Waals surface area contributed by atoms with Crippen LogP contribution in [0.4, 0.5) is 5.69 Å². The summed E-state index contributed by atoms with van der Waals surface area (Å²) in [7, 11) is 0. The Labute approximate surface area is 216 Å². The second-order valence-corrected chi connectivity index (χ2v) is 10.2. The Morgan fingerprint density at radius 3 is 1.81 bits per heavy atom. The summed E-state index contributed by atoms with van der Waals surface area (Å²) in [5.41, 5.74) is 1.95. The van der Waals surface area contributed by atoms with Crippen molar-refractivity contribution in [2.24, 2.45) is 22.7 Å². The van der Waals surface area contributed by atoms with Gasteiger partial charge in [0.05, 0.1) is 35.0 Å². The Bertz CT molecular complexity index is 1440. The lowest BCUT2D eigenvalue weighted by Gasteiger charge is -2.37. The van der Waals surface area contributed by atoms with Crippen LogP contribution in [0.2, 0.25) is 0 Å². The van der Waals surface area contributed by atoms with Gasteiger partial charge in [0.25, 0.3) is 0 Å². The van der Waals surface area contributed by atoms with Gasteiger partial charge in [-0.3, -0.25) is 14.4 Å². The molecule has 1 heterocycles. The zero-order valence-electron chi connectivity index (χ0n) is 21.2. The number of rotatable bonds is 6. The highest BCUT2D eigenvalue weighted by Gasteiger charge is 2.79. The van der Waals surface area contributed by atoms with E-state index in [4.69, 9.17) is 4.74 Å². The largest absolute Gasteiger partial charge is 0.494 e. The van der Waals surface area contributed by atoms with Gasteiger partial charge in [0.1, 0.15) is 5.75 Å². The Morgan fingerprint density at radius 1 is 0.730 bits per heavy atom. The molecule has 0 aromatic heterocycles. The molecule has 0 spiro atoms. The SMILES string of the molecule is CCOc1ccc(N2C(=O)[C@@H]3[C@H](C2=O)[C@@]2(CC)C(=O)[C@@]3(C)C(c3ccccc3)=C2c2ccccc2)cc1. The molecule has 3 aromatic carbocycles. The highest BCUT2D eigenvalue weighted by Crippen LogP contribution is 2.74. The van der Waals surface area contributed by atoms with Crippen LogP contribution in [0.1, 0.15) is 38.3 Å². The van der Waals surface area contributed by atoms with Crippen molar-refractivity contribution in [3.8, 4) is 5.75 Å². The van der Waals surface area contributed by atoms with Gasteiger partial charge in [0, 0.05) is 0 Å². The third kappa shape index (κ3) is 2.88. The van der Waals surface area contributed by atoms with Crippen molar-refractivity contribution in [2.75, 3.05) is 11.5 Å². The number of ketones is 1. The minimum Gasteiger partial charge on any atom is -0.494 e. The van der Waals surface area contributed by atoms with E-state index in [1.807, 2.05) is 81.4 Å². The Hall–Kier alpha value is -3.99. The number of carbonyl (C=O) groups excluding carboxylic acids is 3. The van der Waals surface area contributed by atoms with Crippen LogP contribution in [0.15, 0.2) is 84.9 Å². The molecular formula is C32H29NO4. The number of anilines is 1. The van der Waals surface area contributed by atoms with Gasteiger partial charge in [0.15, 0.2) is 5.78 Å². The third-order valence-electron chi connectivity index (χ3n) is 8.64. The van der Waals surface area contributed by atoms with Crippen LogP contribution >= 0.6 is 0 Å². The summed E-state index contributed by atoms with van der Waals surface area (Å²) >= 11 is 0. The summed E-state index contributed by atoms with van der Waals surface area (Å²) in [6.45, 7) is 6.28. The lowest BCUT2D eigenvalue weighted by Crippen LogP contribution is -2.41. The van der Waals surface area contributed by atoms with Crippen LogP contribution in [0.5, 0.6) is 5.75 Å². The molecular weight excluding hydrogens is 462 g/mol. The Balaban J connectivity index is 1.58. The highest BCUT2D eigenvalue weighted by atomic mass is 16.5. The van der Waals surface area contributed by atoms with E-state index < -0.39 is 22.7 Å². The molecule has 3 aliphatic rings. The molecule has 2 bridgehead atoms. The predicted molar refractivity (Wildman–Crippen MR) is 143 cm³/mol. The monoisotopic (exact) mass is 491 g/mol. The van der Waals surface area contributed by atoms with Crippen LogP contribution in [0, 0.1) is 22.7 Å². The van der Waals surface area contributed by atoms with Crippen molar-refractivity contribution in [3.63, 3.8) is 0 Å². The molecule has 5 nitrogen and oxygen atoms in total. The lowest BCUT2D eigenvalue weighted by atomic mass is 9.62. The zero-order chi connectivity index (χ0) is 25.9. The van der Waals surface area contributed by atoms with Crippen molar-refractivity contribution in [1.29, 1.82) is 0 Å². The maximum atomic E-state index is 14.5. The van der Waals surface area contributed by atoms with E-state index in [2.05, 4.69) is 0 Å². The number of hydrogen-bond donors (Lipinski definition) is 0. The first-order chi connectivity index (χ1) is 17.9. The molecule has 1 aliphatic heterocycles. The first-order valence-electron chi connectivity index (χ1n) is 12.9. The molecule has 5 heteroatoms. The molecule has 0 radical (unpaired) electrons. The Kier molecular flexibility index (Phi) is 5.23. The quantitative estimate of drug-likeness (QED) is 0.409. The first-order valence-corrected chi connectivity index (χ1v) is 12.9. The smallest absolute Gasteiger partial charge is 0.239 e. The van der Waals surface area contributed by atoms with Gasteiger partial charge >= 0.3 is 0 Å². The van der Waals surface area contributed by atoms with E-state index in [0.29, 0.717) is 24.5 Å². The summed E-state index contributed by atoms with van der Waals surface area (Å²) in [6.07, 6.45) is 0.444. The number of amides is 2. The van der Waals surface area contributed by atoms with Gasteiger partial charge in [-0.25, -0.2) is 4.90 Å². The van der Waals surface area contributed by atoms with Gasteiger partial charge < -0.3 is 4.74 Å². The van der Waals surface area contributed by atoms with E-state index in [1.165, 1.54) is 4.90 Å². The second kappa shape index (κ2) is 8.27. The molecule has 1 saturated heterocycles. The normalized spacial score (nSPS) is 28.3. The van der Waals surface area contributed by atoms with Crippen molar-refractivity contribution < 1.29 is 19.1 Å². The fourth-order valence-corrected chi connectivity index (χ4v) is 7.24. The third-order valence-corrected chi connectivity index (χ3v) is 8.64. The molecule has 4 atom stereocenters. The topological polar surface area (TPSA) is 63.7 Å². The van der Waals surface area contributed by atoms with E-state index in [9.17, 15) is 14.4 Å². The van der Waals surface area contributed by atoms with E-state index in [1.54, 1.807) is 24.3 Å². The molecule has 0 unspecified atom stereocenters. The molecule has 3 aromatic rings. The summed E-state index contributed by atoms with van der Waals surface area (Å²) in [5.74, 6) is -1.41. The van der Waals surface area contributed by atoms with Crippen molar-refractivity contribution in [3.05, 3.63) is 96.1 Å². The molecule has 6 rings (SSSR count). The Morgan fingerprint density at radius 2 is 1.27 bits per heavy atom. The lowest BCUT2D eigenvalue weighted by molar-refractivity contribution is -0.134. The number of Topliss-reactive ketones (excluding diaryl/α,β-unsaturated/α-hetero) is 1. The van der Waals surface area contributed by atoms with Crippen molar-refractivity contribution >= 4 is 34.4 Å². The number of fused-ring (bicyclic) bond motifs is 5. The average molecular weight is 492 g/mol. The molecule has 2 fully saturated rings. The average Bonchev–Trinajstić information content (AvgIpc) is 3.40. The fraction of sp³-hybridized carbons (Fsp3) is 0.281. The van der Waals surface area contributed by atoms with Gasteiger partial charge in [-0.05, 0) is 66.8 Å². The number of ether oxygens (including phenoxy) is 1. The molecule has 2 aliphatic carbocycles. The number of allylic oxidation sites excluding steroid dienone is 2. The van der Waals surface area contributed by atoms with Crippen LogP contribution in [-0.2, 0) is 14.4 Å². The maximum absolute atomic E-state index is 14.5. The first kappa shape index (κ1) is 23.4. The molecule has 37 heavy (non-hydrogen) atoms. The predicted octanol–water partition coefficient (Wildman–Crippen LogP) is 5.80. The van der Waals surface area contributed by atoms with E-state index >= 15 is 0 Å². The summed E-state index contributed by atoms with van der Waals surface area (Å²) in [4.78, 5) is 44.1.